The Balaban J connectivity index is 1.73. The molecule has 0 fully saturated rings. The molecular formula is C19H16N4O. The highest BCUT2D eigenvalue weighted by atomic mass is 16.2. The summed E-state index contributed by atoms with van der Waals surface area (Å²) >= 11 is 0. The number of carbonyl (C=O) groups excluding carboxylic acids is 1. The Morgan fingerprint density at radius 2 is 1.33 bits per heavy atom. The van der Waals surface area contributed by atoms with Crippen molar-refractivity contribution in [3.8, 4) is 0 Å². The monoisotopic (exact) mass is 316 g/mol. The second-order valence-corrected chi connectivity index (χ2v) is 5.00. The third-order valence-corrected chi connectivity index (χ3v) is 3.27. The van der Waals surface area contributed by atoms with Gasteiger partial charge in [-0.3, -0.25) is 15.6 Å². The van der Waals surface area contributed by atoms with Gasteiger partial charge in [0.05, 0.1) is 22.6 Å². The van der Waals surface area contributed by atoms with E-state index in [-0.39, 0.29) is 5.91 Å². The molecule has 5 nitrogen and oxygen atoms in total. The molecule has 0 aromatic heterocycles. The smallest absolute Gasteiger partial charge is 0.271 e. The molecule has 1 amide bonds. The summed E-state index contributed by atoms with van der Waals surface area (Å²) in [6, 6.07) is 25.9. The van der Waals surface area contributed by atoms with Gasteiger partial charge in [-0.15, -0.1) is 5.11 Å². The van der Waals surface area contributed by atoms with E-state index in [4.69, 9.17) is 0 Å². The van der Waals surface area contributed by atoms with E-state index >= 15 is 0 Å². The van der Waals surface area contributed by atoms with Crippen LogP contribution in [-0.2, 0) is 0 Å². The minimum Gasteiger partial charge on any atom is -0.298 e. The van der Waals surface area contributed by atoms with Crippen molar-refractivity contribution in [3.63, 3.8) is 0 Å². The SMILES string of the molecule is O=C(NNc1ccccc1)c1ccccc1N=Nc1ccccc1. The molecule has 3 aromatic carbocycles. The van der Waals surface area contributed by atoms with E-state index in [1.807, 2.05) is 66.7 Å². The first-order valence-corrected chi connectivity index (χ1v) is 7.50. The topological polar surface area (TPSA) is 65.8 Å². The number of para-hydroxylation sites is 1. The Bertz CT molecular complexity index is 832. The summed E-state index contributed by atoms with van der Waals surface area (Å²) in [5.41, 5.74) is 8.02. The summed E-state index contributed by atoms with van der Waals surface area (Å²) in [6.07, 6.45) is 0. The molecule has 0 heterocycles. The van der Waals surface area contributed by atoms with Gasteiger partial charge in [0.15, 0.2) is 0 Å². The van der Waals surface area contributed by atoms with Gasteiger partial charge in [0.2, 0.25) is 0 Å². The van der Waals surface area contributed by atoms with Gasteiger partial charge in [0.1, 0.15) is 0 Å². The molecule has 0 aliphatic carbocycles. The first-order valence-electron chi connectivity index (χ1n) is 7.50. The molecule has 0 spiro atoms. The molecular weight excluding hydrogens is 300 g/mol. The van der Waals surface area contributed by atoms with Crippen molar-refractivity contribution >= 4 is 23.0 Å². The van der Waals surface area contributed by atoms with Crippen molar-refractivity contribution in [1.82, 2.24) is 5.43 Å². The fraction of sp³-hybridized carbons (Fsp3) is 0. The molecule has 3 rings (SSSR count). The molecule has 2 N–H and O–H groups in total. The minimum atomic E-state index is -0.276. The average Bonchev–Trinajstić information content (AvgIpc) is 2.66. The van der Waals surface area contributed by atoms with E-state index in [1.54, 1.807) is 18.2 Å². The van der Waals surface area contributed by atoms with Crippen LogP contribution < -0.4 is 10.9 Å². The van der Waals surface area contributed by atoms with Crippen LogP contribution in [0.5, 0.6) is 0 Å². The largest absolute Gasteiger partial charge is 0.298 e. The molecule has 0 aliphatic heterocycles. The van der Waals surface area contributed by atoms with Crippen molar-refractivity contribution in [2.24, 2.45) is 10.2 Å². The summed E-state index contributed by atoms with van der Waals surface area (Å²) in [7, 11) is 0. The zero-order valence-corrected chi connectivity index (χ0v) is 12.9. The van der Waals surface area contributed by atoms with Gasteiger partial charge in [-0.2, -0.15) is 5.11 Å². The average molecular weight is 316 g/mol. The van der Waals surface area contributed by atoms with Crippen molar-refractivity contribution in [1.29, 1.82) is 0 Å². The van der Waals surface area contributed by atoms with Crippen LogP contribution in [0.2, 0.25) is 0 Å². The Hall–Kier alpha value is -3.47. The van der Waals surface area contributed by atoms with Gasteiger partial charge in [-0.1, -0.05) is 48.5 Å². The van der Waals surface area contributed by atoms with Gasteiger partial charge < -0.3 is 0 Å². The molecule has 0 unspecified atom stereocenters. The number of nitrogens with zero attached hydrogens (tertiary/aromatic N) is 2. The lowest BCUT2D eigenvalue weighted by Gasteiger charge is -2.09. The molecule has 0 saturated heterocycles. The summed E-state index contributed by atoms with van der Waals surface area (Å²) < 4.78 is 0. The number of anilines is 1. The van der Waals surface area contributed by atoms with Crippen LogP contribution >= 0.6 is 0 Å². The van der Waals surface area contributed by atoms with Crippen LogP contribution in [0.4, 0.5) is 17.1 Å². The zero-order valence-electron chi connectivity index (χ0n) is 12.9. The fourth-order valence-electron chi connectivity index (χ4n) is 2.08. The minimum absolute atomic E-state index is 0.276. The predicted molar refractivity (Wildman–Crippen MR) is 94.6 cm³/mol. The van der Waals surface area contributed by atoms with Crippen molar-refractivity contribution in [3.05, 3.63) is 90.5 Å². The Kier molecular flexibility index (Phi) is 4.94. The second kappa shape index (κ2) is 7.69. The molecule has 0 bridgehead atoms. The van der Waals surface area contributed by atoms with Crippen LogP contribution in [0.25, 0.3) is 0 Å². The second-order valence-electron chi connectivity index (χ2n) is 5.00. The third-order valence-electron chi connectivity index (χ3n) is 3.27. The lowest BCUT2D eigenvalue weighted by Crippen LogP contribution is -2.29. The number of carbonyl (C=O) groups is 1. The van der Waals surface area contributed by atoms with Crippen LogP contribution in [0.3, 0.4) is 0 Å². The van der Waals surface area contributed by atoms with E-state index in [0.29, 0.717) is 11.3 Å². The highest BCUT2D eigenvalue weighted by Crippen LogP contribution is 2.22. The number of benzene rings is 3. The van der Waals surface area contributed by atoms with Crippen LogP contribution in [0.1, 0.15) is 10.4 Å². The molecule has 3 aromatic rings. The lowest BCUT2D eigenvalue weighted by molar-refractivity contribution is 0.0963. The van der Waals surface area contributed by atoms with Crippen LogP contribution in [0, 0.1) is 0 Å². The normalized spacial score (nSPS) is 10.5. The summed E-state index contributed by atoms with van der Waals surface area (Å²) in [4.78, 5) is 12.4. The molecule has 5 heteroatoms. The highest BCUT2D eigenvalue weighted by Gasteiger charge is 2.10. The summed E-state index contributed by atoms with van der Waals surface area (Å²) in [6.45, 7) is 0. The number of azo groups is 1. The van der Waals surface area contributed by atoms with E-state index in [2.05, 4.69) is 21.1 Å². The number of rotatable bonds is 5. The number of amides is 1. The standard InChI is InChI=1S/C19H16N4O/c24-19(23-21-16-11-5-2-6-12-16)17-13-7-8-14-18(17)22-20-15-9-3-1-4-10-15/h1-14,21H,(H,23,24). The fourth-order valence-corrected chi connectivity index (χ4v) is 2.08. The Morgan fingerprint density at radius 1 is 0.708 bits per heavy atom. The van der Waals surface area contributed by atoms with E-state index in [1.165, 1.54) is 0 Å². The van der Waals surface area contributed by atoms with Gasteiger partial charge >= 0.3 is 0 Å². The molecule has 118 valence electrons. The summed E-state index contributed by atoms with van der Waals surface area (Å²) in [5, 5.41) is 8.35. The molecule has 0 saturated carbocycles. The molecule has 0 radical (unpaired) electrons. The van der Waals surface area contributed by atoms with Gasteiger partial charge in [-0.05, 0) is 36.4 Å². The van der Waals surface area contributed by atoms with E-state index in [0.717, 1.165) is 11.4 Å². The number of hydrogen-bond donors (Lipinski definition) is 2. The maximum Gasteiger partial charge on any atom is 0.271 e. The highest BCUT2D eigenvalue weighted by molar-refractivity contribution is 5.99. The van der Waals surface area contributed by atoms with Gasteiger partial charge in [0, 0.05) is 0 Å². The van der Waals surface area contributed by atoms with Gasteiger partial charge in [0.25, 0.3) is 5.91 Å². The maximum atomic E-state index is 12.4. The number of nitrogens with one attached hydrogen (secondary N) is 2. The zero-order chi connectivity index (χ0) is 16.6. The Labute approximate surface area is 140 Å². The maximum absolute atomic E-state index is 12.4. The lowest BCUT2D eigenvalue weighted by atomic mass is 10.2. The Morgan fingerprint density at radius 3 is 2.08 bits per heavy atom. The first kappa shape index (κ1) is 15.4. The predicted octanol–water partition coefficient (Wildman–Crippen LogP) is 4.86. The van der Waals surface area contributed by atoms with E-state index < -0.39 is 0 Å². The molecule has 0 aliphatic rings. The van der Waals surface area contributed by atoms with Crippen LogP contribution in [-0.4, -0.2) is 5.91 Å². The third kappa shape index (κ3) is 4.04. The van der Waals surface area contributed by atoms with Crippen LogP contribution in [0.15, 0.2) is 95.2 Å². The quantitative estimate of drug-likeness (QED) is 0.521. The van der Waals surface area contributed by atoms with Crippen molar-refractivity contribution < 1.29 is 4.79 Å². The van der Waals surface area contributed by atoms with Crippen molar-refractivity contribution in [2.75, 3.05) is 5.43 Å². The van der Waals surface area contributed by atoms with Gasteiger partial charge in [-0.25, -0.2) is 0 Å². The van der Waals surface area contributed by atoms with Crippen molar-refractivity contribution in [2.45, 2.75) is 0 Å². The number of hydrazine groups is 1. The molecule has 0 atom stereocenters. The first-order chi connectivity index (χ1) is 11.8. The number of hydrogen-bond acceptors (Lipinski definition) is 4. The molecule has 24 heavy (non-hydrogen) atoms. The van der Waals surface area contributed by atoms with E-state index in [9.17, 15) is 4.79 Å². The summed E-state index contributed by atoms with van der Waals surface area (Å²) in [5.74, 6) is -0.276.